The quantitative estimate of drug-likeness (QED) is 0.819. The number of aryl methyl sites for hydroxylation is 1. The monoisotopic (exact) mass is 282 g/mol. The summed E-state index contributed by atoms with van der Waals surface area (Å²) in [6.45, 7) is 6.09. The zero-order chi connectivity index (χ0) is 15.3. The third-order valence-corrected chi connectivity index (χ3v) is 3.47. The second kappa shape index (κ2) is 7.19. The van der Waals surface area contributed by atoms with E-state index in [2.05, 4.69) is 4.98 Å². The molecule has 20 heavy (non-hydrogen) atoms. The Hall–Kier alpha value is -1.69. The minimum atomic E-state index is -0.853. The highest BCUT2D eigenvalue weighted by molar-refractivity contribution is 5.67. The van der Waals surface area contributed by atoms with Crippen LogP contribution in [0.25, 0.3) is 0 Å². The first-order valence-electron chi connectivity index (χ1n) is 6.67. The molecule has 112 valence electrons. The van der Waals surface area contributed by atoms with Crippen molar-refractivity contribution in [2.24, 2.45) is 0 Å². The minimum absolute atomic E-state index is 0.0286. The highest BCUT2D eigenvalue weighted by Gasteiger charge is 2.16. The minimum Gasteiger partial charge on any atom is -0.481 e. The van der Waals surface area contributed by atoms with Gasteiger partial charge in [-0.15, -0.1) is 0 Å². The molecule has 1 heterocycles. The van der Waals surface area contributed by atoms with E-state index in [-0.39, 0.29) is 18.2 Å². The van der Waals surface area contributed by atoms with Gasteiger partial charge in [-0.2, -0.15) is 4.98 Å². The van der Waals surface area contributed by atoms with Gasteiger partial charge in [-0.25, -0.2) is 4.79 Å². The molecule has 0 aliphatic carbocycles. The molecule has 1 rings (SSSR count). The number of hydrogen-bond acceptors (Lipinski definition) is 4. The number of rotatable bonds is 7. The molecule has 0 aliphatic heterocycles. The van der Waals surface area contributed by atoms with Gasteiger partial charge in [0.2, 0.25) is 0 Å². The van der Waals surface area contributed by atoms with Crippen molar-refractivity contribution < 1.29 is 14.6 Å². The van der Waals surface area contributed by atoms with Crippen LogP contribution < -0.4 is 5.69 Å². The molecule has 0 bridgehead atoms. The van der Waals surface area contributed by atoms with E-state index >= 15 is 0 Å². The number of carbonyl (C=O) groups is 1. The van der Waals surface area contributed by atoms with E-state index in [0.29, 0.717) is 25.1 Å². The number of hydrogen-bond donors (Lipinski definition) is 1. The summed E-state index contributed by atoms with van der Waals surface area (Å²) in [6.07, 6.45) is 1.13. The Morgan fingerprint density at radius 1 is 1.45 bits per heavy atom. The van der Waals surface area contributed by atoms with Crippen molar-refractivity contribution in [2.45, 2.75) is 46.1 Å². The first kappa shape index (κ1) is 16.4. The normalized spacial score (nSPS) is 12.4. The number of aliphatic carboxylic acids is 1. The highest BCUT2D eigenvalue weighted by atomic mass is 16.5. The lowest BCUT2D eigenvalue weighted by atomic mass is 10.1. The van der Waals surface area contributed by atoms with Crippen LogP contribution in [-0.2, 0) is 16.0 Å². The maximum Gasteiger partial charge on any atom is 0.348 e. The number of nitrogens with zero attached hydrogens (tertiary/aromatic N) is 2. The lowest BCUT2D eigenvalue weighted by Gasteiger charge is -2.20. The van der Waals surface area contributed by atoms with E-state index < -0.39 is 5.97 Å². The molecule has 0 amide bonds. The van der Waals surface area contributed by atoms with Crippen LogP contribution in [0.4, 0.5) is 0 Å². The van der Waals surface area contributed by atoms with Gasteiger partial charge < -0.3 is 9.84 Å². The smallest absolute Gasteiger partial charge is 0.348 e. The molecule has 6 heteroatoms. The first-order chi connectivity index (χ1) is 9.38. The van der Waals surface area contributed by atoms with E-state index in [4.69, 9.17) is 9.84 Å². The van der Waals surface area contributed by atoms with Crippen LogP contribution in [-0.4, -0.2) is 34.3 Å². The maximum atomic E-state index is 12.1. The second-order valence-electron chi connectivity index (χ2n) is 4.94. The zero-order valence-electron chi connectivity index (χ0n) is 12.5. The van der Waals surface area contributed by atoms with Gasteiger partial charge >= 0.3 is 11.7 Å². The predicted octanol–water partition coefficient (Wildman–Crippen LogP) is 1.47. The molecule has 0 fully saturated rings. The molecule has 0 saturated heterocycles. The molecular weight excluding hydrogens is 260 g/mol. The van der Waals surface area contributed by atoms with Crippen molar-refractivity contribution in [1.29, 1.82) is 0 Å². The molecule has 0 saturated carbocycles. The summed E-state index contributed by atoms with van der Waals surface area (Å²) in [4.78, 5) is 26.8. The Labute approximate surface area is 118 Å². The number of carboxylic acid groups (broad SMARTS) is 1. The van der Waals surface area contributed by atoms with E-state index in [9.17, 15) is 9.59 Å². The Morgan fingerprint density at radius 3 is 2.65 bits per heavy atom. The number of methoxy groups -OCH3 is 1. The van der Waals surface area contributed by atoms with Gasteiger partial charge in [0.15, 0.2) is 0 Å². The lowest BCUT2D eigenvalue weighted by molar-refractivity contribution is -0.136. The zero-order valence-corrected chi connectivity index (χ0v) is 12.5. The average Bonchev–Trinajstić information content (AvgIpc) is 2.35. The fourth-order valence-corrected chi connectivity index (χ4v) is 2.35. The van der Waals surface area contributed by atoms with Crippen LogP contribution >= 0.6 is 0 Å². The summed E-state index contributed by atoms with van der Waals surface area (Å²) in [7, 11) is 1.62. The Balaban J connectivity index is 3.14. The number of aromatic nitrogens is 2. The summed E-state index contributed by atoms with van der Waals surface area (Å²) in [5, 5.41) is 8.80. The summed E-state index contributed by atoms with van der Waals surface area (Å²) in [5.74, 6) is -0.853. The van der Waals surface area contributed by atoms with Crippen LogP contribution in [0.1, 0.15) is 42.8 Å². The third-order valence-electron chi connectivity index (χ3n) is 3.47. The van der Waals surface area contributed by atoms with Crippen molar-refractivity contribution in [3.05, 3.63) is 27.4 Å². The van der Waals surface area contributed by atoms with E-state index in [1.54, 1.807) is 18.6 Å². The molecule has 6 nitrogen and oxygen atoms in total. The number of ether oxygens (including phenoxy) is 1. The van der Waals surface area contributed by atoms with E-state index in [1.807, 2.05) is 13.8 Å². The van der Waals surface area contributed by atoms with Crippen molar-refractivity contribution in [2.75, 3.05) is 13.7 Å². The maximum absolute atomic E-state index is 12.1. The standard InChI is InChI=1S/C14H22N2O4/c1-9(7-8-20-4)16-11(3)12(5-6-13(17)18)10(2)15-14(16)19/h9H,5-8H2,1-4H3,(H,17,18). The Bertz CT molecular complexity index is 537. The lowest BCUT2D eigenvalue weighted by Crippen LogP contribution is -2.30. The fourth-order valence-electron chi connectivity index (χ4n) is 2.35. The molecule has 0 aromatic carbocycles. The molecule has 1 aromatic heterocycles. The molecule has 1 atom stereocenters. The van der Waals surface area contributed by atoms with Crippen LogP contribution in [0.5, 0.6) is 0 Å². The van der Waals surface area contributed by atoms with Gasteiger partial charge in [0.05, 0.1) is 0 Å². The van der Waals surface area contributed by atoms with Gasteiger partial charge in [0.1, 0.15) is 0 Å². The van der Waals surface area contributed by atoms with Crippen LogP contribution in [0.2, 0.25) is 0 Å². The van der Waals surface area contributed by atoms with E-state index in [0.717, 1.165) is 11.3 Å². The van der Waals surface area contributed by atoms with Gasteiger partial charge in [0, 0.05) is 37.6 Å². The fraction of sp³-hybridized carbons (Fsp3) is 0.643. The predicted molar refractivity (Wildman–Crippen MR) is 75.1 cm³/mol. The molecular formula is C14H22N2O4. The van der Waals surface area contributed by atoms with Crippen molar-refractivity contribution in [3.8, 4) is 0 Å². The average molecular weight is 282 g/mol. The number of carboxylic acids is 1. The SMILES string of the molecule is COCCC(C)n1c(C)c(CCC(=O)O)c(C)nc1=O. The first-order valence-corrected chi connectivity index (χ1v) is 6.67. The molecule has 0 aliphatic rings. The van der Waals surface area contributed by atoms with Gasteiger partial charge in [-0.05, 0) is 39.2 Å². The molecule has 1 aromatic rings. The molecule has 0 spiro atoms. The van der Waals surface area contributed by atoms with Crippen LogP contribution in [0.15, 0.2) is 4.79 Å². The van der Waals surface area contributed by atoms with Crippen LogP contribution in [0.3, 0.4) is 0 Å². The Morgan fingerprint density at radius 2 is 2.10 bits per heavy atom. The second-order valence-corrected chi connectivity index (χ2v) is 4.94. The third kappa shape index (κ3) is 3.90. The molecule has 1 N–H and O–H groups in total. The Kier molecular flexibility index (Phi) is 5.88. The van der Waals surface area contributed by atoms with Crippen molar-refractivity contribution in [1.82, 2.24) is 9.55 Å². The summed E-state index contributed by atoms with van der Waals surface area (Å²) in [6, 6.07) is -0.0286. The topological polar surface area (TPSA) is 81.4 Å². The van der Waals surface area contributed by atoms with Gasteiger partial charge in [-0.3, -0.25) is 9.36 Å². The summed E-state index contributed by atoms with van der Waals surface area (Å²) < 4.78 is 6.66. The largest absolute Gasteiger partial charge is 0.481 e. The molecule has 0 radical (unpaired) electrons. The summed E-state index contributed by atoms with van der Waals surface area (Å²) in [5.41, 5.74) is 1.97. The van der Waals surface area contributed by atoms with Gasteiger partial charge in [0.25, 0.3) is 0 Å². The van der Waals surface area contributed by atoms with Crippen LogP contribution in [0, 0.1) is 13.8 Å². The summed E-state index contributed by atoms with van der Waals surface area (Å²) >= 11 is 0. The van der Waals surface area contributed by atoms with E-state index in [1.165, 1.54) is 0 Å². The van der Waals surface area contributed by atoms with Gasteiger partial charge in [-0.1, -0.05) is 0 Å². The molecule has 1 unspecified atom stereocenters. The van der Waals surface area contributed by atoms with Crippen molar-refractivity contribution in [3.63, 3.8) is 0 Å². The van der Waals surface area contributed by atoms with Crippen molar-refractivity contribution >= 4 is 5.97 Å². The highest BCUT2D eigenvalue weighted by Crippen LogP contribution is 2.17.